The van der Waals surface area contributed by atoms with Crippen LogP contribution in [0.4, 0.5) is 19.0 Å². The number of nitrogens with one attached hydrogen (secondary N) is 1. The number of carbonyl (C=O) groups excluding carboxylic acids is 1. The van der Waals surface area contributed by atoms with E-state index in [1.54, 1.807) is 24.3 Å². The van der Waals surface area contributed by atoms with Gasteiger partial charge in [0, 0.05) is 18.0 Å². The normalized spacial score (nSPS) is 16.2. The van der Waals surface area contributed by atoms with Crippen LogP contribution in [-0.4, -0.2) is 15.5 Å². The maximum Gasteiger partial charge on any atom is 0.416 e. The summed E-state index contributed by atoms with van der Waals surface area (Å²) >= 11 is 0. The lowest BCUT2D eigenvalue weighted by Gasteiger charge is -2.23. The zero-order valence-corrected chi connectivity index (χ0v) is 14.4. The van der Waals surface area contributed by atoms with Crippen LogP contribution >= 0.6 is 0 Å². The van der Waals surface area contributed by atoms with Gasteiger partial charge in [-0.2, -0.15) is 18.4 Å². The summed E-state index contributed by atoms with van der Waals surface area (Å²) in [5, 5.41) is 11.7. The molecule has 1 aromatic heterocycles. The topological polar surface area (TPSA) is 70.7 Å². The molecule has 0 aliphatic carbocycles. The quantitative estimate of drug-likeness (QED) is 0.721. The third kappa shape index (κ3) is 3.11. The molecule has 2 heterocycles. The van der Waals surface area contributed by atoms with E-state index in [-0.39, 0.29) is 23.9 Å². The summed E-state index contributed by atoms with van der Waals surface area (Å²) in [5.41, 5.74) is 1.35. The van der Waals surface area contributed by atoms with E-state index in [9.17, 15) is 18.0 Å². The standard InChI is InChI=1S/C20H13F3N4O/c21-20(22,23)14-2-1-3-15(8-14)27-11-25-18-16(9-17(28)26-19(18)27)13-6-4-12(10-24)5-7-13/h1-8,11,16H,9H2,(H,26,28)/t16-/m0/s1. The Labute approximate surface area is 158 Å². The number of carbonyl (C=O) groups is 1. The number of fused-ring (bicyclic) bond motifs is 1. The van der Waals surface area contributed by atoms with E-state index < -0.39 is 11.7 Å². The smallest absolute Gasteiger partial charge is 0.310 e. The molecule has 8 heteroatoms. The highest BCUT2D eigenvalue weighted by atomic mass is 19.4. The van der Waals surface area contributed by atoms with Crippen molar-refractivity contribution in [3.63, 3.8) is 0 Å². The number of rotatable bonds is 2. The lowest BCUT2D eigenvalue weighted by molar-refractivity contribution is -0.137. The highest BCUT2D eigenvalue weighted by molar-refractivity contribution is 5.94. The molecule has 0 spiro atoms. The second-order valence-corrected chi connectivity index (χ2v) is 6.44. The van der Waals surface area contributed by atoms with E-state index in [0.717, 1.165) is 17.7 Å². The van der Waals surface area contributed by atoms with Crippen molar-refractivity contribution in [1.29, 1.82) is 5.26 Å². The average molecular weight is 382 g/mol. The van der Waals surface area contributed by atoms with E-state index >= 15 is 0 Å². The van der Waals surface area contributed by atoms with Crippen LogP contribution in [0.1, 0.15) is 34.7 Å². The molecular weight excluding hydrogens is 369 g/mol. The molecule has 28 heavy (non-hydrogen) atoms. The molecule has 1 amide bonds. The van der Waals surface area contributed by atoms with Gasteiger partial charge in [0.2, 0.25) is 5.91 Å². The maximum atomic E-state index is 13.0. The van der Waals surface area contributed by atoms with E-state index in [1.807, 2.05) is 6.07 Å². The van der Waals surface area contributed by atoms with Crippen molar-refractivity contribution in [2.75, 3.05) is 5.32 Å². The SMILES string of the molecule is N#Cc1ccc([C@@H]2CC(=O)Nc3c2ncn3-c2cccc(C(F)(F)F)c2)cc1. The number of hydrogen-bond acceptors (Lipinski definition) is 3. The summed E-state index contributed by atoms with van der Waals surface area (Å²) in [5.74, 6) is -0.246. The Morgan fingerprint density at radius 2 is 1.93 bits per heavy atom. The largest absolute Gasteiger partial charge is 0.416 e. The van der Waals surface area contributed by atoms with Gasteiger partial charge in [0.25, 0.3) is 0 Å². The van der Waals surface area contributed by atoms with Crippen molar-refractivity contribution in [3.05, 3.63) is 77.2 Å². The van der Waals surface area contributed by atoms with Crippen molar-refractivity contribution in [1.82, 2.24) is 9.55 Å². The zero-order valence-electron chi connectivity index (χ0n) is 14.4. The first-order valence-corrected chi connectivity index (χ1v) is 8.41. The van der Waals surface area contributed by atoms with E-state index in [0.29, 0.717) is 17.1 Å². The number of nitriles is 1. The minimum atomic E-state index is -4.47. The van der Waals surface area contributed by atoms with Gasteiger partial charge >= 0.3 is 6.18 Å². The molecule has 2 aromatic carbocycles. The molecule has 140 valence electrons. The number of halogens is 3. The first-order chi connectivity index (χ1) is 13.4. The summed E-state index contributed by atoms with van der Waals surface area (Å²) in [7, 11) is 0. The van der Waals surface area contributed by atoms with Gasteiger partial charge in [0.05, 0.1) is 22.9 Å². The number of alkyl halides is 3. The molecule has 1 aliphatic heterocycles. The summed E-state index contributed by atoms with van der Waals surface area (Å²) in [4.78, 5) is 16.6. The highest BCUT2D eigenvalue weighted by Crippen LogP contribution is 2.38. The van der Waals surface area contributed by atoms with Crippen molar-refractivity contribution < 1.29 is 18.0 Å². The second-order valence-electron chi connectivity index (χ2n) is 6.44. The Morgan fingerprint density at radius 1 is 1.18 bits per heavy atom. The van der Waals surface area contributed by atoms with Crippen LogP contribution in [0.15, 0.2) is 54.9 Å². The van der Waals surface area contributed by atoms with Crippen LogP contribution in [0.3, 0.4) is 0 Å². The van der Waals surface area contributed by atoms with E-state index in [1.165, 1.54) is 23.0 Å². The Kier molecular flexibility index (Phi) is 4.15. The molecule has 0 saturated carbocycles. The lowest BCUT2D eigenvalue weighted by atomic mass is 9.89. The number of hydrogen-bond donors (Lipinski definition) is 1. The fourth-order valence-corrected chi connectivity index (χ4v) is 3.30. The van der Waals surface area contributed by atoms with Gasteiger partial charge < -0.3 is 5.32 Å². The summed E-state index contributed by atoms with van der Waals surface area (Å²) in [6.45, 7) is 0. The third-order valence-corrected chi connectivity index (χ3v) is 4.67. The number of aromatic nitrogens is 2. The van der Waals surface area contributed by atoms with Crippen molar-refractivity contribution in [3.8, 4) is 11.8 Å². The predicted octanol–water partition coefficient (Wildman–Crippen LogP) is 4.24. The first-order valence-electron chi connectivity index (χ1n) is 8.41. The van der Waals surface area contributed by atoms with Gasteiger partial charge in [0.15, 0.2) is 0 Å². The number of anilines is 1. The molecule has 0 bridgehead atoms. The van der Waals surface area contributed by atoms with Gasteiger partial charge in [-0.05, 0) is 35.9 Å². The van der Waals surface area contributed by atoms with Gasteiger partial charge in [-0.1, -0.05) is 18.2 Å². The van der Waals surface area contributed by atoms with Crippen molar-refractivity contribution >= 4 is 11.7 Å². The minimum absolute atomic E-state index is 0.165. The number of benzene rings is 2. The third-order valence-electron chi connectivity index (χ3n) is 4.67. The van der Waals surface area contributed by atoms with Gasteiger partial charge in [0.1, 0.15) is 12.1 Å². The van der Waals surface area contributed by atoms with Crippen molar-refractivity contribution in [2.24, 2.45) is 0 Å². The summed E-state index contributed by atoms with van der Waals surface area (Å²) in [6.07, 6.45) is -2.90. The van der Waals surface area contributed by atoms with Crippen LogP contribution < -0.4 is 5.32 Å². The van der Waals surface area contributed by atoms with E-state index in [2.05, 4.69) is 10.3 Å². The maximum absolute atomic E-state index is 13.0. The predicted molar refractivity (Wildman–Crippen MR) is 94.8 cm³/mol. The lowest BCUT2D eigenvalue weighted by Crippen LogP contribution is -2.25. The number of nitrogens with zero attached hydrogens (tertiary/aromatic N) is 3. The molecule has 0 radical (unpaired) electrons. The van der Waals surface area contributed by atoms with Crippen molar-refractivity contribution in [2.45, 2.75) is 18.5 Å². The fourth-order valence-electron chi connectivity index (χ4n) is 3.30. The van der Waals surface area contributed by atoms with Crippen LogP contribution in [0, 0.1) is 11.3 Å². The van der Waals surface area contributed by atoms with Crippen LogP contribution in [0.2, 0.25) is 0 Å². The first kappa shape index (κ1) is 17.8. The van der Waals surface area contributed by atoms with E-state index in [4.69, 9.17) is 5.26 Å². The van der Waals surface area contributed by atoms with Gasteiger partial charge in [-0.25, -0.2) is 4.98 Å². The number of imidazole rings is 1. The second kappa shape index (κ2) is 6.53. The fraction of sp³-hybridized carbons (Fsp3) is 0.150. The molecule has 1 aliphatic rings. The molecule has 1 atom stereocenters. The molecule has 0 fully saturated rings. The van der Waals surface area contributed by atoms with Crippen LogP contribution in [0.5, 0.6) is 0 Å². The summed E-state index contributed by atoms with van der Waals surface area (Å²) < 4.78 is 40.6. The molecule has 0 unspecified atom stereocenters. The zero-order chi connectivity index (χ0) is 19.9. The van der Waals surface area contributed by atoms with Gasteiger partial charge in [-0.15, -0.1) is 0 Å². The average Bonchev–Trinajstić information content (AvgIpc) is 3.10. The Morgan fingerprint density at radius 3 is 2.61 bits per heavy atom. The molecule has 0 saturated heterocycles. The molecule has 5 nitrogen and oxygen atoms in total. The molecule has 1 N–H and O–H groups in total. The van der Waals surface area contributed by atoms with Crippen LogP contribution in [0.25, 0.3) is 5.69 Å². The Bertz CT molecular complexity index is 1090. The Balaban J connectivity index is 1.78. The molecule has 4 rings (SSSR count). The Hall–Kier alpha value is -3.60. The van der Waals surface area contributed by atoms with Crippen LogP contribution in [-0.2, 0) is 11.0 Å². The minimum Gasteiger partial charge on any atom is -0.310 e. The van der Waals surface area contributed by atoms with Gasteiger partial charge in [-0.3, -0.25) is 9.36 Å². The molecule has 3 aromatic rings. The monoisotopic (exact) mass is 382 g/mol. The number of amides is 1. The molecular formula is C20H13F3N4O. The highest BCUT2D eigenvalue weighted by Gasteiger charge is 2.33. The summed E-state index contributed by atoms with van der Waals surface area (Å²) in [6, 6.07) is 13.7.